The smallest absolute Gasteiger partial charge is 0.131 e. The summed E-state index contributed by atoms with van der Waals surface area (Å²) in [7, 11) is 0. The first-order valence-corrected chi connectivity index (χ1v) is 7.25. The Morgan fingerprint density at radius 3 is 2.50 bits per heavy atom. The predicted molar refractivity (Wildman–Crippen MR) is 82.1 cm³/mol. The third-order valence-corrected chi connectivity index (χ3v) is 4.10. The third-order valence-electron chi connectivity index (χ3n) is 4.10. The van der Waals surface area contributed by atoms with E-state index in [0.29, 0.717) is 11.9 Å². The van der Waals surface area contributed by atoms with Gasteiger partial charge >= 0.3 is 0 Å². The van der Waals surface area contributed by atoms with Crippen molar-refractivity contribution in [3.63, 3.8) is 0 Å². The fourth-order valence-electron chi connectivity index (χ4n) is 3.02. The predicted octanol–water partition coefficient (Wildman–Crippen LogP) is 3.64. The van der Waals surface area contributed by atoms with Crippen LogP contribution in [0.1, 0.15) is 43.7 Å². The van der Waals surface area contributed by atoms with Crippen molar-refractivity contribution in [2.24, 2.45) is 0 Å². The molecule has 0 unspecified atom stereocenters. The average molecular weight is 268 g/mol. The van der Waals surface area contributed by atoms with E-state index in [4.69, 9.17) is 16.2 Å². The van der Waals surface area contributed by atoms with Crippen molar-refractivity contribution in [2.45, 2.75) is 38.1 Å². The molecule has 1 aliphatic rings. The highest BCUT2D eigenvalue weighted by Gasteiger charge is 2.22. The van der Waals surface area contributed by atoms with Crippen LogP contribution in [0.15, 0.2) is 30.3 Å². The van der Waals surface area contributed by atoms with Crippen molar-refractivity contribution >= 4 is 12.0 Å². The molecule has 0 radical (unpaired) electrons. The average Bonchev–Trinajstić information content (AvgIpc) is 2.86. The van der Waals surface area contributed by atoms with Crippen molar-refractivity contribution in [1.29, 1.82) is 5.41 Å². The SMILES string of the molecule is N=Cc1c(-c2ccccc2)nn(C2CCCCC2)c1N. The lowest BCUT2D eigenvalue weighted by Crippen LogP contribution is -2.16. The van der Waals surface area contributed by atoms with E-state index in [1.54, 1.807) is 0 Å². The zero-order chi connectivity index (χ0) is 13.9. The van der Waals surface area contributed by atoms with E-state index in [0.717, 1.165) is 29.7 Å². The standard InChI is InChI=1S/C16H20N4/c17-11-14-15(12-7-3-1-4-8-12)19-20(16(14)18)13-9-5-2-6-10-13/h1,3-4,7-8,11,13,17H,2,5-6,9-10,18H2. The third kappa shape index (κ3) is 2.22. The number of nitrogens with two attached hydrogens (primary N) is 1. The maximum atomic E-state index is 7.64. The van der Waals surface area contributed by atoms with E-state index < -0.39 is 0 Å². The highest BCUT2D eigenvalue weighted by atomic mass is 15.3. The summed E-state index contributed by atoms with van der Waals surface area (Å²) >= 11 is 0. The van der Waals surface area contributed by atoms with Crippen LogP contribution in [0, 0.1) is 5.41 Å². The largest absolute Gasteiger partial charge is 0.383 e. The normalized spacial score (nSPS) is 16.2. The molecule has 3 rings (SSSR count). The van der Waals surface area contributed by atoms with E-state index in [1.807, 2.05) is 35.0 Å². The molecule has 1 aliphatic carbocycles. The molecule has 2 aromatic rings. The Morgan fingerprint density at radius 1 is 1.15 bits per heavy atom. The van der Waals surface area contributed by atoms with E-state index in [2.05, 4.69) is 0 Å². The van der Waals surface area contributed by atoms with Gasteiger partial charge in [-0.3, -0.25) is 0 Å². The number of rotatable bonds is 3. The molecule has 0 amide bonds. The van der Waals surface area contributed by atoms with Gasteiger partial charge < -0.3 is 11.1 Å². The van der Waals surface area contributed by atoms with Crippen LogP contribution in [0.2, 0.25) is 0 Å². The summed E-state index contributed by atoms with van der Waals surface area (Å²) in [4.78, 5) is 0. The van der Waals surface area contributed by atoms with Crippen LogP contribution >= 0.6 is 0 Å². The van der Waals surface area contributed by atoms with Crippen LogP contribution in [0.3, 0.4) is 0 Å². The molecule has 4 heteroatoms. The lowest BCUT2D eigenvalue weighted by atomic mass is 9.96. The van der Waals surface area contributed by atoms with Gasteiger partial charge in [0.05, 0.1) is 11.6 Å². The molecule has 0 aliphatic heterocycles. The van der Waals surface area contributed by atoms with Crippen LogP contribution in [-0.2, 0) is 0 Å². The van der Waals surface area contributed by atoms with Gasteiger partial charge in [0, 0.05) is 11.8 Å². The van der Waals surface area contributed by atoms with Crippen molar-refractivity contribution in [2.75, 3.05) is 5.73 Å². The minimum absolute atomic E-state index is 0.389. The number of hydrogen-bond donors (Lipinski definition) is 2. The molecular weight excluding hydrogens is 248 g/mol. The number of aromatic nitrogens is 2. The molecule has 1 aromatic carbocycles. The van der Waals surface area contributed by atoms with Crippen LogP contribution in [0.5, 0.6) is 0 Å². The van der Waals surface area contributed by atoms with Crippen LogP contribution < -0.4 is 5.73 Å². The van der Waals surface area contributed by atoms with E-state index >= 15 is 0 Å². The Hall–Kier alpha value is -2.10. The summed E-state index contributed by atoms with van der Waals surface area (Å²) in [6, 6.07) is 10.4. The summed E-state index contributed by atoms with van der Waals surface area (Å²) in [5.41, 5.74) is 8.81. The molecule has 104 valence electrons. The first-order valence-electron chi connectivity index (χ1n) is 7.25. The maximum absolute atomic E-state index is 7.64. The summed E-state index contributed by atoms with van der Waals surface area (Å²) in [5, 5.41) is 12.4. The van der Waals surface area contributed by atoms with Crippen molar-refractivity contribution in [1.82, 2.24) is 9.78 Å². The van der Waals surface area contributed by atoms with Crippen LogP contribution in [-0.4, -0.2) is 16.0 Å². The molecule has 0 saturated heterocycles. The van der Waals surface area contributed by atoms with Gasteiger partial charge in [0.15, 0.2) is 0 Å². The van der Waals surface area contributed by atoms with Crippen molar-refractivity contribution in [3.05, 3.63) is 35.9 Å². The summed E-state index contributed by atoms with van der Waals surface area (Å²) in [6.07, 6.45) is 7.38. The minimum atomic E-state index is 0.389. The second kappa shape index (κ2) is 5.49. The zero-order valence-electron chi connectivity index (χ0n) is 11.5. The van der Waals surface area contributed by atoms with Gasteiger partial charge in [0.1, 0.15) is 11.5 Å². The molecule has 1 aromatic heterocycles. The van der Waals surface area contributed by atoms with Crippen molar-refractivity contribution in [3.8, 4) is 11.3 Å². The lowest BCUT2D eigenvalue weighted by molar-refractivity contribution is 0.333. The Labute approximate surface area is 119 Å². The monoisotopic (exact) mass is 268 g/mol. The Morgan fingerprint density at radius 2 is 1.85 bits per heavy atom. The Kier molecular flexibility index (Phi) is 3.54. The second-order valence-electron chi connectivity index (χ2n) is 5.39. The van der Waals surface area contributed by atoms with Crippen molar-refractivity contribution < 1.29 is 0 Å². The Balaban J connectivity index is 2.05. The van der Waals surface area contributed by atoms with E-state index in [9.17, 15) is 0 Å². The fraction of sp³-hybridized carbons (Fsp3) is 0.375. The topological polar surface area (TPSA) is 67.7 Å². The fourth-order valence-corrected chi connectivity index (χ4v) is 3.02. The Bertz CT molecular complexity index is 594. The first-order chi connectivity index (χ1) is 9.81. The zero-order valence-corrected chi connectivity index (χ0v) is 11.5. The van der Waals surface area contributed by atoms with Gasteiger partial charge in [0.25, 0.3) is 0 Å². The lowest BCUT2D eigenvalue weighted by Gasteiger charge is -2.22. The highest BCUT2D eigenvalue weighted by molar-refractivity contribution is 5.92. The quantitative estimate of drug-likeness (QED) is 0.834. The summed E-state index contributed by atoms with van der Waals surface area (Å²) in [5.74, 6) is 0.630. The molecule has 0 spiro atoms. The molecule has 20 heavy (non-hydrogen) atoms. The number of benzene rings is 1. The number of hydrogen-bond acceptors (Lipinski definition) is 3. The first kappa shape index (κ1) is 12.9. The molecule has 0 atom stereocenters. The van der Waals surface area contributed by atoms with Gasteiger partial charge in [-0.15, -0.1) is 0 Å². The minimum Gasteiger partial charge on any atom is -0.383 e. The summed E-state index contributed by atoms with van der Waals surface area (Å²) < 4.78 is 1.95. The molecule has 1 fully saturated rings. The van der Waals surface area contributed by atoms with Gasteiger partial charge in [0.2, 0.25) is 0 Å². The van der Waals surface area contributed by atoms with Gasteiger partial charge in [-0.2, -0.15) is 5.10 Å². The van der Waals surface area contributed by atoms with E-state index in [1.165, 1.54) is 25.5 Å². The van der Waals surface area contributed by atoms with E-state index in [-0.39, 0.29) is 0 Å². The molecule has 1 saturated carbocycles. The highest BCUT2D eigenvalue weighted by Crippen LogP contribution is 2.33. The number of nitrogen functional groups attached to an aromatic ring is 1. The van der Waals surface area contributed by atoms with Gasteiger partial charge in [-0.1, -0.05) is 49.6 Å². The summed E-state index contributed by atoms with van der Waals surface area (Å²) in [6.45, 7) is 0. The molecule has 0 bridgehead atoms. The van der Waals surface area contributed by atoms with Gasteiger partial charge in [-0.05, 0) is 12.8 Å². The second-order valence-corrected chi connectivity index (χ2v) is 5.39. The van der Waals surface area contributed by atoms with Crippen LogP contribution in [0.4, 0.5) is 5.82 Å². The molecule has 4 nitrogen and oxygen atoms in total. The number of nitrogens with zero attached hydrogens (tertiary/aromatic N) is 2. The maximum Gasteiger partial charge on any atom is 0.131 e. The molecule has 3 N–H and O–H groups in total. The van der Waals surface area contributed by atoms with Crippen LogP contribution in [0.25, 0.3) is 11.3 Å². The van der Waals surface area contributed by atoms with Gasteiger partial charge in [-0.25, -0.2) is 4.68 Å². The number of nitrogens with one attached hydrogen (secondary N) is 1. The molecular formula is C16H20N4. The number of anilines is 1. The molecule has 1 heterocycles.